The molecule has 1 atom stereocenters. The number of nitrogens with zero attached hydrogens (tertiary/aromatic N) is 4. The zero-order chi connectivity index (χ0) is 19.6. The van der Waals surface area contributed by atoms with Gasteiger partial charge in [0, 0.05) is 19.6 Å². The summed E-state index contributed by atoms with van der Waals surface area (Å²) in [5, 5.41) is 24.8. The molecule has 1 heterocycles. The van der Waals surface area contributed by atoms with Gasteiger partial charge in [0.25, 0.3) is 0 Å². The lowest BCUT2D eigenvalue weighted by molar-refractivity contribution is 0.180. The molecule has 156 valence electrons. The van der Waals surface area contributed by atoms with Crippen LogP contribution in [0.5, 0.6) is 5.75 Å². The van der Waals surface area contributed by atoms with Crippen LogP contribution in [0.3, 0.4) is 0 Å². The number of halogens is 1. The molecule has 0 amide bonds. The maximum atomic E-state index is 10.4. The standard InChI is InChI=1S/C19H30N6O2.HI/c1-5-20-19(22-12-18-24-23-13-25(18)6-2)21-11-17(26)15-7-9-16(10-8-15)27-14(3)4;/h7-10,13-14,17,26H,5-6,11-12H2,1-4H3,(H2,20,21,22);1H. The van der Waals surface area contributed by atoms with Crippen molar-refractivity contribution >= 4 is 29.9 Å². The molecule has 0 aliphatic rings. The van der Waals surface area contributed by atoms with Gasteiger partial charge >= 0.3 is 0 Å². The molecule has 2 aromatic rings. The summed E-state index contributed by atoms with van der Waals surface area (Å²) in [5.41, 5.74) is 0.820. The Morgan fingerprint density at radius 1 is 1.21 bits per heavy atom. The van der Waals surface area contributed by atoms with Gasteiger partial charge in [0.2, 0.25) is 0 Å². The molecular weight excluding hydrogens is 471 g/mol. The highest BCUT2D eigenvalue weighted by Gasteiger charge is 2.10. The van der Waals surface area contributed by atoms with E-state index in [-0.39, 0.29) is 30.1 Å². The SMILES string of the molecule is CCNC(=NCc1nncn1CC)NCC(O)c1ccc(OC(C)C)cc1.I. The van der Waals surface area contributed by atoms with Gasteiger partial charge in [-0.15, -0.1) is 34.2 Å². The first-order valence-electron chi connectivity index (χ1n) is 9.37. The molecule has 1 aromatic carbocycles. The van der Waals surface area contributed by atoms with Gasteiger partial charge in [-0.1, -0.05) is 12.1 Å². The first-order valence-corrected chi connectivity index (χ1v) is 9.37. The second kappa shape index (κ2) is 12.6. The fourth-order valence-corrected chi connectivity index (χ4v) is 2.51. The average molecular weight is 502 g/mol. The van der Waals surface area contributed by atoms with E-state index in [0.29, 0.717) is 19.0 Å². The number of aliphatic imine (C=N–C) groups is 1. The van der Waals surface area contributed by atoms with E-state index >= 15 is 0 Å². The van der Waals surface area contributed by atoms with Gasteiger partial charge in [-0.05, 0) is 45.4 Å². The smallest absolute Gasteiger partial charge is 0.191 e. The van der Waals surface area contributed by atoms with Crippen molar-refractivity contribution in [2.45, 2.75) is 53.0 Å². The summed E-state index contributed by atoms with van der Waals surface area (Å²) in [7, 11) is 0. The Kier molecular flexibility index (Phi) is 10.8. The van der Waals surface area contributed by atoms with Gasteiger partial charge in [0.05, 0.1) is 12.2 Å². The summed E-state index contributed by atoms with van der Waals surface area (Å²) in [5.74, 6) is 2.22. The van der Waals surface area contributed by atoms with Crippen molar-refractivity contribution in [2.24, 2.45) is 4.99 Å². The summed E-state index contributed by atoms with van der Waals surface area (Å²) < 4.78 is 7.57. The van der Waals surface area contributed by atoms with Crippen LogP contribution in [-0.4, -0.2) is 45.0 Å². The van der Waals surface area contributed by atoms with E-state index in [9.17, 15) is 5.11 Å². The fourth-order valence-electron chi connectivity index (χ4n) is 2.51. The zero-order valence-corrected chi connectivity index (χ0v) is 19.3. The number of aromatic nitrogens is 3. The van der Waals surface area contributed by atoms with E-state index < -0.39 is 6.10 Å². The molecule has 28 heavy (non-hydrogen) atoms. The lowest BCUT2D eigenvalue weighted by Gasteiger charge is -2.16. The number of nitrogens with one attached hydrogen (secondary N) is 2. The Hall–Kier alpha value is -1.88. The molecule has 9 heteroatoms. The third kappa shape index (κ3) is 7.63. The molecule has 1 unspecified atom stereocenters. The Morgan fingerprint density at radius 2 is 1.93 bits per heavy atom. The van der Waals surface area contributed by atoms with E-state index in [0.717, 1.165) is 30.2 Å². The number of guanidine groups is 1. The first kappa shape index (κ1) is 24.2. The minimum absolute atomic E-state index is 0. The molecule has 0 spiro atoms. The summed E-state index contributed by atoms with van der Waals surface area (Å²) in [4.78, 5) is 4.52. The summed E-state index contributed by atoms with van der Waals surface area (Å²) in [6.07, 6.45) is 1.17. The third-order valence-corrected chi connectivity index (χ3v) is 3.86. The third-order valence-electron chi connectivity index (χ3n) is 3.86. The number of aryl methyl sites for hydroxylation is 1. The van der Waals surface area contributed by atoms with Crippen LogP contribution in [0.4, 0.5) is 0 Å². The predicted octanol–water partition coefficient (Wildman–Crippen LogP) is 2.49. The molecule has 0 aliphatic heterocycles. The topological polar surface area (TPSA) is 96.6 Å². The van der Waals surface area contributed by atoms with Crippen molar-refractivity contribution in [1.29, 1.82) is 0 Å². The van der Waals surface area contributed by atoms with Gasteiger partial charge in [0.15, 0.2) is 11.8 Å². The lowest BCUT2D eigenvalue weighted by Crippen LogP contribution is -2.39. The normalized spacial score (nSPS) is 12.4. The molecule has 0 fully saturated rings. The molecule has 0 bridgehead atoms. The van der Waals surface area contributed by atoms with E-state index in [1.165, 1.54) is 0 Å². The monoisotopic (exact) mass is 502 g/mol. The van der Waals surface area contributed by atoms with Crippen LogP contribution in [0.15, 0.2) is 35.6 Å². The van der Waals surface area contributed by atoms with Crippen LogP contribution >= 0.6 is 24.0 Å². The largest absolute Gasteiger partial charge is 0.491 e. The Balaban J connectivity index is 0.00000392. The van der Waals surface area contributed by atoms with E-state index in [1.807, 2.05) is 56.5 Å². The Labute approximate surface area is 183 Å². The first-order chi connectivity index (χ1) is 13.0. The van der Waals surface area contributed by atoms with Crippen LogP contribution in [0.25, 0.3) is 0 Å². The molecule has 0 radical (unpaired) electrons. The molecule has 2 rings (SSSR count). The highest BCUT2D eigenvalue weighted by atomic mass is 127. The van der Waals surface area contributed by atoms with Crippen molar-refractivity contribution in [3.63, 3.8) is 0 Å². The van der Waals surface area contributed by atoms with Gasteiger partial charge < -0.3 is 25.0 Å². The van der Waals surface area contributed by atoms with Crippen molar-refractivity contribution in [1.82, 2.24) is 25.4 Å². The van der Waals surface area contributed by atoms with E-state index in [1.54, 1.807) is 6.33 Å². The predicted molar refractivity (Wildman–Crippen MR) is 121 cm³/mol. The molecule has 8 nitrogen and oxygen atoms in total. The number of hydrogen-bond donors (Lipinski definition) is 3. The van der Waals surface area contributed by atoms with Crippen LogP contribution in [-0.2, 0) is 13.1 Å². The molecule has 1 aromatic heterocycles. The maximum absolute atomic E-state index is 10.4. The van der Waals surface area contributed by atoms with Crippen LogP contribution in [0.1, 0.15) is 45.2 Å². The summed E-state index contributed by atoms with van der Waals surface area (Å²) in [6.45, 7) is 10.3. The number of aliphatic hydroxyl groups is 1. The van der Waals surface area contributed by atoms with E-state index in [2.05, 4.69) is 25.8 Å². The minimum atomic E-state index is -0.652. The average Bonchev–Trinajstić information content (AvgIpc) is 3.11. The highest BCUT2D eigenvalue weighted by molar-refractivity contribution is 14.0. The zero-order valence-electron chi connectivity index (χ0n) is 16.9. The molecule has 0 aliphatic carbocycles. The van der Waals surface area contributed by atoms with Crippen molar-refractivity contribution in [2.75, 3.05) is 13.1 Å². The summed E-state index contributed by atoms with van der Waals surface area (Å²) in [6, 6.07) is 7.49. The van der Waals surface area contributed by atoms with Crippen molar-refractivity contribution in [3.05, 3.63) is 42.0 Å². The van der Waals surface area contributed by atoms with Gasteiger partial charge in [-0.2, -0.15) is 0 Å². The Morgan fingerprint density at radius 3 is 2.54 bits per heavy atom. The van der Waals surface area contributed by atoms with Gasteiger partial charge in [-0.3, -0.25) is 0 Å². The quantitative estimate of drug-likeness (QED) is 0.277. The van der Waals surface area contributed by atoms with Crippen LogP contribution < -0.4 is 15.4 Å². The number of benzene rings is 1. The lowest BCUT2D eigenvalue weighted by atomic mass is 10.1. The molecular formula is C19H31IN6O2. The molecule has 0 saturated carbocycles. The minimum Gasteiger partial charge on any atom is -0.491 e. The van der Waals surface area contributed by atoms with Crippen LogP contribution in [0.2, 0.25) is 0 Å². The number of rotatable bonds is 9. The Bertz CT molecular complexity index is 717. The fraction of sp³-hybridized carbons (Fsp3) is 0.526. The second-order valence-corrected chi connectivity index (χ2v) is 6.36. The highest BCUT2D eigenvalue weighted by Crippen LogP contribution is 2.18. The van der Waals surface area contributed by atoms with Crippen molar-refractivity contribution < 1.29 is 9.84 Å². The molecule has 0 saturated heterocycles. The van der Waals surface area contributed by atoms with Crippen LogP contribution in [0, 0.1) is 0 Å². The van der Waals surface area contributed by atoms with E-state index in [4.69, 9.17) is 4.74 Å². The number of hydrogen-bond acceptors (Lipinski definition) is 5. The maximum Gasteiger partial charge on any atom is 0.191 e. The summed E-state index contributed by atoms with van der Waals surface area (Å²) >= 11 is 0. The number of aliphatic hydroxyl groups excluding tert-OH is 1. The second-order valence-electron chi connectivity index (χ2n) is 6.36. The van der Waals surface area contributed by atoms with Gasteiger partial charge in [0.1, 0.15) is 18.6 Å². The number of ether oxygens (including phenoxy) is 1. The van der Waals surface area contributed by atoms with Crippen molar-refractivity contribution in [3.8, 4) is 5.75 Å². The molecule has 3 N–H and O–H groups in total. The van der Waals surface area contributed by atoms with Gasteiger partial charge in [-0.25, -0.2) is 4.99 Å².